The highest BCUT2D eigenvalue weighted by molar-refractivity contribution is 7.89. The molecule has 2 saturated heterocycles. The van der Waals surface area contributed by atoms with E-state index in [0.717, 1.165) is 24.9 Å². The van der Waals surface area contributed by atoms with Gasteiger partial charge in [-0.25, -0.2) is 8.42 Å². The molecule has 0 aliphatic carbocycles. The highest BCUT2D eigenvalue weighted by Gasteiger charge is 2.53. The fourth-order valence-electron chi connectivity index (χ4n) is 4.18. The third-order valence-corrected chi connectivity index (χ3v) is 7.68. The van der Waals surface area contributed by atoms with Crippen molar-refractivity contribution in [3.05, 3.63) is 54.6 Å². The van der Waals surface area contributed by atoms with Crippen molar-refractivity contribution in [2.24, 2.45) is 5.92 Å². The molecule has 150 valence electrons. The summed E-state index contributed by atoms with van der Waals surface area (Å²) in [5.74, 6) is 0.441. The predicted molar refractivity (Wildman–Crippen MR) is 105 cm³/mol. The zero-order valence-electron chi connectivity index (χ0n) is 16.1. The Labute approximate surface area is 166 Å². The molecule has 4 heterocycles. The van der Waals surface area contributed by atoms with Crippen LogP contribution in [0.15, 0.2) is 53.9 Å². The molecule has 28 heavy (non-hydrogen) atoms. The van der Waals surface area contributed by atoms with Crippen LogP contribution < -0.4 is 0 Å². The molecule has 7 nitrogen and oxygen atoms in total. The van der Waals surface area contributed by atoms with Crippen LogP contribution in [-0.2, 0) is 21.4 Å². The van der Waals surface area contributed by atoms with Gasteiger partial charge in [-0.3, -0.25) is 14.9 Å². The summed E-state index contributed by atoms with van der Waals surface area (Å²) in [7, 11) is -1.37. The Morgan fingerprint density at radius 2 is 1.93 bits per heavy atom. The Morgan fingerprint density at radius 3 is 2.61 bits per heavy atom. The van der Waals surface area contributed by atoms with Crippen molar-refractivity contribution in [3.63, 3.8) is 0 Å². The maximum atomic E-state index is 12.8. The highest BCUT2D eigenvalue weighted by Crippen LogP contribution is 2.40. The minimum absolute atomic E-state index is 0.0874. The number of rotatable bonds is 6. The van der Waals surface area contributed by atoms with E-state index in [2.05, 4.69) is 21.9 Å². The van der Waals surface area contributed by atoms with Gasteiger partial charge >= 0.3 is 0 Å². The van der Waals surface area contributed by atoms with Crippen molar-refractivity contribution >= 4 is 10.0 Å². The number of piperidine rings is 1. The van der Waals surface area contributed by atoms with Gasteiger partial charge in [-0.05, 0) is 56.1 Å². The van der Waals surface area contributed by atoms with Gasteiger partial charge in [0.25, 0.3) is 0 Å². The monoisotopic (exact) mass is 402 g/mol. The lowest BCUT2D eigenvalue weighted by molar-refractivity contribution is -0.0600. The summed E-state index contributed by atoms with van der Waals surface area (Å²) in [6.45, 7) is 3.27. The van der Waals surface area contributed by atoms with Gasteiger partial charge in [0.05, 0.1) is 6.61 Å². The molecule has 2 aromatic rings. The van der Waals surface area contributed by atoms with Crippen LogP contribution in [0.4, 0.5) is 0 Å². The van der Waals surface area contributed by atoms with Gasteiger partial charge in [0.2, 0.25) is 10.0 Å². The van der Waals surface area contributed by atoms with Gasteiger partial charge in [-0.2, -0.15) is 4.31 Å². The first-order valence-electron chi connectivity index (χ1n) is 9.58. The van der Waals surface area contributed by atoms with Crippen LogP contribution in [0.2, 0.25) is 0 Å². The number of hydrogen-bond acceptors (Lipinski definition) is 6. The van der Waals surface area contributed by atoms with Crippen molar-refractivity contribution < 1.29 is 13.2 Å². The summed E-state index contributed by atoms with van der Waals surface area (Å²) >= 11 is 0. The smallest absolute Gasteiger partial charge is 0.244 e. The average molecular weight is 403 g/mol. The molecule has 0 bridgehead atoms. The molecule has 2 aliphatic heterocycles. The fourth-order valence-corrected chi connectivity index (χ4v) is 5.74. The summed E-state index contributed by atoms with van der Waals surface area (Å²) < 4.78 is 33.1. The van der Waals surface area contributed by atoms with Gasteiger partial charge in [0.15, 0.2) is 0 Å². The lowest BCUT2D eigenvalue weighted by Gasteiger charge is -2.57. The second-order valence-corrected chi connectivity index (χ2v) is 9.78. The molecule has 0 aromatic carbocycles. The molecule has 0 unspecified atom stereocenters. The lowest BCUT2D eigenvalue weighted by Crippen LogP contribution is -2.72. The SMILES string of the molecule is CN1CC[C@@H](COCc2cccnc2)CC12CN(S(=O)(=O)c1cccnc1)C2. The van der Waals surface area contributed by atoms with Crippen molar-refractivity contribution in [1.82, 2.24) is 19.2 Å². The normalized spacial score (nSPS) is 22.8. The van der Waals surface area contributed by atoms with Crippen molar-refractivity contribution in [2.75, 3.05) is 33.3 Å². The van der Waals surface area contributed by atoms with Crippen LogP contribution in [0.1, 0.15) is 18.4 Å². The molecule has 2 aromatic heterocycles. The molecule has 2 fully saturated rings. The van der Waals surface area contributed by atoms with Gasteiger partial charge in [-0.1, -0.05) is 6.07 Å². The minimum atomic E-state index is -3.47. The van der Waals surface area contributed by atoms with E-state index in [1.54, 1.807) is 28.8 Å². The van der Waals surface area contributed by atoms with Crippen molar-refractivity contribution in [2.45, 2.75) is 29.9 Å². The van der Waals surface area contributed by atoms with Gasteiger partial charge in [-0.15, -0.1) is 0 Å². The third kappa shape index (κ3) is 3.82. The van der Waals surface area contributed by atoms with E-state index in [1.807, 2.05) is 18.3 Å². The Balaban J connectivity index is 1.34. The largest absolute Gasteiger partial charge is 0.376 e. The van der Waals surface area contributed by atoms with Crippen LogP contribution in [0.3, 0.4) is 0 Å². The predicted octanol–water partition coefficient (Wildman–Crippen LogP) is 1.78. The van der Waals surface area contributed by atoms with E-state index in [4.69, 9.17) is 4.74 Å². The first-order chi connectivity index (χ1) is 13.5. The van der Waals surface area contributed by atoms with E-state index in [1.165, 1.54) is 6.20 Å². The molecule has 4 rings (SSSR count). The fraction of sp³-hybridized carbons (Fsp3) is 0.500. The van der Waals surface area contributed by atoms with E-state index in [0.29, 0.717) is 32.2 Å². The van der Waals surface area contributed by atoms with Gasteiger partial charge in [0.1, 0.15) is 4.90 Å². The molecule has 8 heteroatoms. The van der Waals surface area contributed by atoms with E-state index < -0.39 is 10.0 Å². The molecular weight excluding hydrogens is 376 g/mol. The molecule has 2 aliphatic rings. The van der Waals surface area contributed by atoms with E-state index in [-0.39, 0.29) is 10.4 Å². The number of sulfonamides is 1. The molecule has 0 amide bonds. The number of likely N-dealkylation sites (N-methyl/N-ethyl adjacent to an activating group) is 1. The highest BCUT2D eigenvalue weighted by atomic mass is 32.2. The van der Waals surface area contributed by atoms with E-state index >= 15 is 0 Å². The number of likely N-dealkylation sites (tertiary alicyclic amines) is 1. The Morgan fingerprint density at radius 1 is 1.18 bits per heavy atom. The molecule has 0 saturated carbocycles. The zero-order chi connectivity index (χ0) is 19.6. The Hall–Kier alpha value is -1.87. The third-order valence-electron chi connectivity index (χ3n) is 5.91. The van der Waals surface area contributed by atoms with Crippen LogP contribution in [0, 0.1) is 5.92 Å². The summed E-state index contributed by atoms with van der Waals surface area (Å²) in [5, 5.41) is 0. The molecule has 1 spiro atoms. The average Bonchev–Trinajstić information content (AvgIpc) is 2.69. The maximum absolute atomic E-state index is 12.8. The van der Waals surface area contributed by atoms with Crippen LogP contribution in [0.25, 0.3) is 0 Å². The number of aromatic nitrogens is 2. The quantitative estimate of drug-likeness (QED) is 0.733. The summed E-state index contributed by atoms with van der Waals surface area (Å²) in [4.78, 5) is 10.6. The minimum Gasteiger partial charge on any atom is -0.376 e. The molecule has 0 radical (unpaired) electrons. The summed E-state index contributed by atoms with van der Waals surface area (Å²) in [6, 6.07) is 7.18. The van der Waals surface area contributed by atoms with Crippen LogP contribution in [-0.4, -0.2) is 66.4 Å². The second-order valence-electron chi connectivity index (χ2n) is 7.84. The van der Waals surface area contributed by atoms with E-state index in [9.17, 15) is 8.42 Å². The molecule has 1 atom stereocenters. The van der Waals surface area contributed by atoms with Crippen LogP contribution in [0.5, 0.6) is 0 Å². The zero-order valence-corrected chi connectivity index (χ0v) is 16.9. The number of hydrogen-bond donors (Lipinski definition) is 0. The standard InChI is InChI=1S/C20H26N4O3S/c1-23-9-6-17(13-27-14-18-4-2-7-21-11-18)10-20(23)15-24(16-20)28(25,26)19-5-3-8-22-12-19/h2-5,7-8,11-12,17H,6,9-10,13-16H2,1H3/t17-/m1/s1. The number of nitrogens with zero attached hydrogens (tertiary/aromatic N) is 4. The topological polar surface area (TPSA) is 75.6 Å². The first kappa shape index (κ1) is 19.4. The Bertz CT molecular complexity index is 886. The van der Waals surface area contributed by atoms with Crippen molar-refractivity contribution in [3.8, 4) is 0 Å². The molecular formula is C20H26N4O3S. The lowest BCUT2D eigenvalue weighted by atomic mass is 9.77. The number of ether oxygens (including phenoxy) is 1. The van der Waals surface area contributed by atoms with Crippen LogP contribution >= 0.6 is 0 Å². The number of pyridine rings is 2. The maximum Gasteiger partial charge on any atom is 0.244 e. The summed E-state index contributed by atoms with van der Waals surface area (Å²) in [6.07, 6.45) is 8.60. The second kappa shape index (κ2) is 7.87. The first-order valence-corrected chi connectivity index (χ1v) is 11.0. The molecule has 0 N–H and O–H groups in total. The Kier molecular flexibility index (Phi) is 5.46. The van der Waals surface area contributed by atoms with Crippen molar-refractivity contribution in [1.29, 1.82) is 0 Å². The van der Waals surface area contributed by atoms with Gasteiger partial charge in [0, 0.05) is 50.0 Å². The summed E-state index contributed by atoms with van der Waals surface area (Å²) in [5.41, 5.74) is 0.984. The van der Waals surface area contributed by atoms with Gasteiger partial charge < -0.3 is 4.74 Å².